The van der Waals surface area contributed by atoms with Gasteiger partial charge in [0.15, 0.2) is 0 Å². The summed E-state index contributed by atoms with van der Waals surface area (Å²) >= 11 is 0. The molecular formula is C22H22N4O. The maximum absolute atomic E-state index is 12.8. The molecule has 3 aromatic rings. The lowest BCUT2D eigenvalue weighted by molar-refractivity contribution is -0.121. The second-order valence-corrected chi connectivity index (χ2v) is 7.49. The molecule has 2 N–H and O–H groups in total. The molecule has 0 saturated carbocycles. The fraction of sp³-hybridized carbons (Fsp3) is 0.273. The van der Waals surface area contributed by atoms with Gasteiger partial charge in [0, 0.05) is 29.9 Å². The average molecular weight is 358 g/mol. The van der Waals surface area contributed by atoms with Gasteiger partial charge in [-0.1, -0.05) is 30.3 Å². The van der Waals surface area contributed by atoms with Crippen molar-refractivity contribution in [1.29, 1.82) is 0 Å². The number of benzene rings is 2. The number of nitrogens with one attached hydrogen (secondary N) is 2. The quantitative estimate of drug-likeness (QED) is 0.692. The number of para-hydroxylation sites is 3. The number of fused-ring (bicyclic) bond motifs is 2. The van der Waals surface area contributed by atoms with Gasteiger partial charge in [-0.15, -0.1) is 0 Å². The third-order valence-electron chi connectivity index (χ3n) is 5.76. The van der Waals surface area contributed by atoms with Crippen LogP contribution in [0.2, 0.25) is 0 Å². The van der Waals surface area contributed by atoms with Crippen LogP contribution in [0.25, 0.3) is 10.9 Å². The van der Waals surface area contributed by atoms with Gasteiger partial charge in [0.25, 0.3) is 0 Å². The van der Waals surface area contributed by atoms with Gasteiger partial charge >= 0.3 is 0 Å². The summed E-state index contributed by atoms with van der Waals surface area (Å²) < 4.78 is 0. The predicted octanol–water partition coefficient (Wildman–Crippen LogP) is 3.95. The molecule has 1 amide bonds. The molecule has 1 fully saturated rings. The van der Waals surface area contributed by atoms with Crippen LogP contribution in [0.4, 0.5) is 17.1 Å². The van der Waals surface area contributed by atoms with E-state index in [0.717, 1.165) is 48.5 Å². The van der Waals surface area contributed by atoms with Crippen LogP contribution in [0.15, 0.2) is 54.6 Å². The molecule has 0 bridgehead atoms. The van der Waals surface area contributed by atoms with Gasteiger partial charge in [0.1, 0.15) is 5.54 Å². The van der Waals surface area contributed by atoms with Crippen molar-refractivity contribution in [1.82, 2.24) is 4.98 Å². The van der Waals surface area contributed by atoms with Crippen molar-refractivity contribution in [3.63, 3.8) is 0 Å². The Morgan fingerprint density at radius 1 is 1.00 bits per heavy atom. The third-order valence-corrected chi connectivity index (χ3v) is 5.76. The molecule has 1 aromatic heterocycles. The third kappa shape index (κ3) is 2.62. The molecule has 0 radical (unpaired) electrons. The largest absolute Gasteiger partial charge is 0.371 e. The summed E-state index contributed by atoms with van der Waals surface area (Å²) in [6.45, 7) is 3.69. The number of nitrogens with zero attached hydrogens (tertiary/aromatic N) is 2. The average Bonchev–Trinajstić information content (AvgIpc) is 2.69. The monoisotopic (exact) mass is 358 g/mol. The summed E-state index contributed by atoms with van der Waals surface area (Å²) in [5.41, 5.74) is 4.61. The number of pyridine rings is 1. The number of carbonyl (C=O) groups excluding carboxylic acids is 1. The van der Waals surface area contributed by atoms with Crippen molar-refractivity contribution in [3.8, 4) is 0 Å². The highest BCUT2D eigenvalue weighted by Crippen LogP contribution is 2.38. The lowest BCUT2D eigenvalue weighted by Gasteiger charge is -2.45. The Morgan fingerprint density at radius 3 is 2.52 bits per heavy atom. The fourth-order valence-corrected chi connectivity index (χ4v) is 4.29. The number of aromatic nitrogens is 1. The minimum atomic E-state index is -0.525. The lowest BCUT2D eigenvalue weighted by Crippen LogP contribution is -2.58. The van der Waals surface area contributed by atoms with E-state index >= 15 is 0 Å². The molecule has 5 nitrogen and oxygen atoms in total. The number of hydrogen-bond donors (Lipinski definition) is 2. The maximum Gasteiger partial charge on any atom is 0.250 e. The number of aryl methyl sites for hydroxylation is 1. The Balaban J connectivity index is 1.44. The molecule has 5 heteroatoms. The van der Waals surface area contributed by atoms with Crippen molar-refractivity contribution in [3.05, 3.63) is 60.3 Å². The molecule has 1 spiro atoms. The predicted molar refractivity (Wildman–Crippen MR) is 109 cm³/mol. The van der Waals surface area contributed by atoms with E-state index < -0.39 is 5.54 Å². The van der Waals surface area contributed by atoms with Crippen LogP contribution in [0.3, 0.4) is 0 Å². The van der Waals surface area contributed by atoms with E-state index in [4.69, 9.17) is 0 Å². The molecule has 0 aliphatic carbocycles. The fourth-order valence-electron chi connectivity index (χ4n) is 4.29. The second-order valence-electron chi connectivity index (χ2n) is 7.49. The molecule has 2 aromatic carbocycles. The van der Waals surface area contributed by atoms with Gasteiger partial charge in [-0.05, 0) is 44.0 Å². The van der Waals surface area contributed by atoms with E-state index in [1.807, 2.05) is 37.3 Å². The molecule has 0 unspecified atom stereocenters. The minimum absolute atomic E-state index is 0.0802. The first-order valence-electron chi connectivity index (χ1n) is 9.45. The van der Waals surface area contributed by atoms with Crippen molar-refractivity contribution in [2.75, 3.05) is 28.6 Å². The number of piperidine rings is 1. The zero-order valence-corrected chi connectivity index (χ0v) is 15.3. The molecule has 27 heavy (non-hydrogen) atoms. The Morgan fingerprint density at radius 2 is 1.70 bits per heavy atom. The van der Waals surface area contributed by atoms with Gasteiger partial charge in [-0.25, -0.2) is 0 Å². The van der Waals surface area contributed by atoms with Crippen molar-refractivity contribution >= 4 is 33.9 Å². The minimum Gasteiger partial charge on any atom is -0.371 e. The summed E-state index contributed by atoms with van der Waals surface area (Å²) in [4.78, 5) is 19.9. The first-order valence-corrected chi connectivity index (χ1v) is 9.45. The standard InChI is InChI=1S/C22H22N4O/c1-15-14-20(16-6-2-3-7-17(16)23-15)26-12-10-22(11-13-26)21(27)24-18-8-4-5-9-19(18)25-22/h2-9,14,25H,10-13H2,1H3,(H,24,27). The molecule has 2 aliphatic rings. The maximum atomic E-state index is 12.8. The summed E-state index contributed by atoms with van der Waals surface area (Å²) in [7, 11) is 0. The van der Waals surface area contributed by atoms with Gasteiger partial charge in [-0.3, -0.25) is 9.78 Å². The van der Waals surface area contributed by atoms with E-state index in [-0.39, 0.29) is 5.91 Å². The molecule has 0 atom stereocenters. The molecule has 2 aliphatic heterocycles. The van der Waals surface area contributed by atoms with Gasteiger partial charge in [-0.2, -0.15) is 0 Å². The topological polar surface area (TPSA) is 57.3 Å². The van der Waals surface area contributed by atoms with E-state index in [2.05, 4.69) is 44.8 Å². The van der Waals surface area contributed by atoms with Gasteiger partial charge in [0.2, 0.25) is 5.91 Å². The number of carbonyl (C=O) groups is 1. The normalized spacial score (nSPS) is 18.1. The Labute approximate surface area is 158 Å². The highest BCUT2D eigenvalue weighted by molar-refractivity contribution is 6.06. The number of rotatable bonds is 1. The van der Waals surface area contributed by atoms with Crippen LogP contribution in [-0.4, -0.2) is 29.5 Å². The van der Waals surface area contributed by atoms with Crippen LogP contribution >= 0.6 is 0 Å². The van der Waals surface area contributed by atoms with Gasteiger partial charge in [0.05, 0.1) is 16.9 Å². The van der Waals surface area contributed by atoms with Crippen molar-refractivity contribution in [2.45, 2.75) is 25.3 Å². The number of hydrogen-bond acceptors (Lipinski definition) is 4. The molecule has 5 rings (SSSR count). The smallest absolute Gasteiger partial charge is 0.250 e. The first kappa shape index (κ1) is 16.1. The van der Waals surface area contributed by atoms with Crippen molar-refractivity contribution in [2.24, 2.45) is 0 Å². The Hall–Kier alpha value is -3.08. The van der Waals surface area contributed by atoms with Crippen LogP contribution in [0, 0.1) is 6.92 Å². The zero-order valence-electron chi connectivity index (χ0n) is 15.3. The van der Waals surface area contributed by atoms with Crippen LogP contribution in [0.1, 0.15) is 18.5 Å². The highest BCUT2D eigenvalue weighted by Gasteiger charge is 2.44. The van der Waals surface area contributed by atoms with Crippen LogP contribution in [-0.2, 0) is 4.79 Å². The summed E-state index contributed by atoms with van der Waals surface area (Å²) in [5, 5.41) is 7.79. The second kappa shape index (κ2) is 5.98. The summed E-state index contributed by atoms with van der Waals surface area (Å²) in [5.74, 6) is 0.0802. The van der Waals surface area contributed by atoms with E-state index in [1.54, 1.807) is 0 Å². The van der Waals surface area contributed by atoms with Gasteiger partial charge < -0.3 is 15.5 Å². The SMILES string of the molecule is Cc1cc(N2CCC3(CC2)Nc2ccccc2NC3=O)c2ccccc2n1. The van der Waals surface area contributed by atoms with E-state index in [1.165, 1.54) is 11.1 Å². The van der Waals surface area contributed by atoms with Crippen LogP contribution in [0.5, 0.6) is 0 Å². The Bertz CT molecular complexity index is 1040. The van der Waals surface area contributed by atoms with Crippen LogP contribution < -0.4 is 15.5 Å². The zero-order chi connectivity index (χ0) is 18.4. The summed E-state index contributed by atoms with van der Waals surface area (Å²) in [6, 6.07) is 18.3. The molecule has 136 valence electrons. The van der Waals surface area contributed by atoms with E-state index in [0.29, 0.717) is 0 Å². The summed E-state index contributed by atoms with van der Waals surface area (Å²) in [6.07, 6.45) is 1.53. The number of amides is 1. The molecule has 3 heterocycles. The highest BCUT2D eigenvalue weighted by atomic mass is 16.2. The van der Waals surface area contributed by atoms with E-state index in [9.17, 15) is 4.79 Å². The number of anilines is 3. The van der Waals surface area contributed by atoms with Crippen molar-refractivity contribution < 1.29 is 4.79 Å². The Kier molecular flexibility index (Phi) is 3.57. The first-order chi connectivity index (χ1) is 13.1. The molecular weight excluding hydrogens is 336 g/mol. The lowest BCUT2D eigenvalue weighted by atomic mass is 9.84. The molecule has 1 saturated heterocycles.